The van der Waals surface area contributed by atoms with Crippen LogP contribution in [0.5, 0.6) is 11.5 Å². The molecule has 7 nitrogen and oxygen atoms in total. The first-order chi connectivity index (χ1) is 14.6. The van der Waals surface area contributed by atoms with Gasteiger partial charge in [0.25, 0.3) is 5.91 Å². The van der Waals surface area contributed by atoms with Gasteiger partial charge in [-0.2, -0.15) is 0 Å². The molecule has 0 aromatic heterocycles. The molecule has 2 aliphatic heterocycles. The van der Waals surface area contributed by atoms with Crippen LogP contribution in [0.4, 0.5) is 0 Å². The highest BCUT2D eigenvalue weighted by Gasteiger charge is 2.32. The highest BCUT2D eigenvalue weighted by molar-refractivity contribution is 6.30. The molecule has 1 amide bonds. The Hall–Kier alpha value is -2.32. The number of halogens is 1. The van der Waals surface area contributed by atoms with Crippen LogP contribution >= 0.6 is 11.6 Å². The molecule has 2 unspecified atom stereocenters. The largest absolute Gasteiger partial charge is 0.493 e. The van der Waals surface area contributed by atoms with Gasteiger partial charge in [0.2, 0.25) is 0 Å². The van der Waals surface area contributed by atoms with E-state index in [9.17, 15) is 4.79 Å². The van der Waals surface area contributed by atoms with Crippen LogP contribution in [0.3, 0.4) is 0 Å². The van der Waals surface area contributed by atoms with E-state index in [0.29, 0.717) is 30.2 Å². The number of piperazine rings is 1. The van der Waals surface area contributed by atoms with Crippen LogP contribution in [0.15, 0.2) is 42.5 Å². The lowest BCUT2D eigenvalue weighted by atomic mass is 10.0. The van der Waals surface area contributed by atoms with Crippen molar-refractivity contribution in [3.8, 4) is 11.5 Å². The minimum Gasteiger partial charge on any atom is -0.493 e. The van der Waals surface area contributed by atoms with Crippen molar-refractivity contribution in [1.29, 1.82) is 0 Å². The fraction of sp³-hybridized carbons (Fsp3) is 0.409. The Labute approximate surface area is 181 Å². The molecule has 0 radical (unpaired) electrons. The Bertz CT molecular complexity index is 884. The Kier molecular flexibility index (Phi) is 6.43. The molecular formula is C22H27ClN4O3. The zero-order valence-electron chi connectivity index (χ0n) is 17.2. The predicted octanol–water partition coefficient (Wildman–Crippen LogP) is 2.68. The van der Waals surface area contributed by atoms with E-state index < -0.39 is 0 Å². The lowest BCUT2D eigenvalue weighted by molar-refractivity contribution is 0.0544. The zero-order chi connectivity index (χ0) is 21.1. The third-order valence-corrected chi connectivity index (χ3v) is 6.08. The molecular weight excluding hydrogens is 404 g/mol. The van der Waals surface area contributed by atoms with Gasteiger partial charge in [-0.3, -0.25) is 9.69 Å². The summed E-state index contributed by atoms with van der Waals surface area (Å²) in [6.45, 7) is 3.03. The maximum atomic E-state index is 12.9. The maximum absolute atomic E-state index is 12.9. The molecule has 0 aliphatic carbocycles. The third kappa shape index (κ3) is 4.39. The normalized spacial score (nSPS) is 22.2. The van der Waals surface area contributed by atoms with Crippen LogP contribution < -0.4 is 20.3 Å². The Morgan fingerprint density at radius 1 is 0.967 bits per heavy atom. The molecule has 2 aromatic carbocycles. The first-order valence-electron chi connectivity index (χ1n) is 10.1. The van der Waals surface area contributed by atoms with Gasteiger partial charge >= 0.3 is 0 Å². The van der Waals surface area contributed by atoms with E-state index in [1.807, 2.05) is 17.0 Å². The van der Waals surface area contributed by atoms with Crippen molar-refractivity contribution in [3.05, 3.63) is 58.6 Å². The number of amides is 1. The second-order valence-electron chi connectivity index (χ2n) is 7.54. The second-order valence-corrected chi connectivity index (χ2v) is 7.98. The summed E-state index contributed by atoms with van der Waals surface area (Å²) in [7, 11) is 3.16. The van der Waals surface area contributed by atoms with Crippen LogP contribution in [-0.2, 0) is 0 Å². The number of hydrogen-bond acceptors (Lipinski definition) is 6. The molecule has 30 heavy (non-hydrogen) atoms. The molecule has 0 saturated carbocycles. The van der Waals surface area contributed by atoms with Gasteiger partial charge in [-0.1, -0.05) is 23.7 Å². The zero-order valence-corrected chi connectivity index (χ0v) is 18.0. The van der Waals surface area contributed by atoms with Gasteiger partial charge in [-0.25, -0.2) is 10.9 Å². The van der Waals surface area contributed by atoms with Crippen molar-refractivity contribution in [2.24, 2.45) is 0 Å². The number of methoxy groups -OCH3 is 2. The van der Waals surface area contributed by atoms with E-state index in [-0.39, 0.29) is 18.1 Å². The van der Waals surface area contributed by atoms with Crippen LogP contribution in [0.1, 0.15) is 28.4 Å². The molecule has 2 saturated heterocycles. The lowest BCUT2D eigenvalue weighted by Gasteiger charge is -2.37. The number of carbonyl (C=O) groups is 1. The number of ether oxygens (including phenoxy) is 2. The van der Waals surface area contributed by atoms with Gasteiger partial charge in [0.1, 0.15) is 0 Å². The molecule has 0 spiro atoms. The van der Waals surface area contributed by atoms with E-state index >= 15 is 0 Å². The summed E-state index contributed by atoms with van der Waals surface area (Å²) in [5.74, 6) is 1.21. The highest BCUT2D eigenvalue weighted by atomic mass is 35.5. The summed E-state index contributed by atoms with van der Waals surface area (Å²) >= 11 is 5.99. The van der Waals surface area contributed by atoms with E-state index in [1.165, 1.54) is 5.56 Å². The number of hydrogen-bond donors (Lipinski definition) is 2. The Morgan fingerprint density at radius 3 is 2.33 bits per heavy atom. The molecule has 160 valence electrons. The van der Waals surface area contributed by atoms with Gasteiger partial charge in [-0.05, 0) is 42.3 Å². The molecule has 2 N–H and O–H groups in total. The van der Waals surface area contributed by atoms with Crippen LogP contribution in [0, 0.1) is 0 Å². The van der Waals surface area contributed by atoms with E-state index in [1.54, 1.807) is 32.4 Å². The fourth-order valence-electron chi connectivity index (χ4n) is 4.08. The number of nitrogens with zero attached hydrogens (tertiary/aromatic N) is 2. The topological polar surface area (TPSA) is 66.1 Å². The summed E-state index contributed by atoms with van der Waals surface area (Å²) in [6.07, 6.45) is 1.20. The van der Waals surface area contributed by atoms with Crippen molar-refractivity contribution in [1.82, 2.24) is 20.7 Å². The van der Waals surface area contributed by atoms with Crippen molar-refractivity contribution >= 4 is 17.5 Å². The van der Waals surface area contributed by atoms with Crippen molar-refractivity contribution < 1.29 is 14.3 Å². The molecule has 2 atom stereocenters. The third-order valence-electron chi connectivity index (χ3n) is 5.83. The molecule has 8 heteroatoms. The van der Waals surface area contributed by atoms with Gasteiger partial charge < -0.3 is 14.4 Å². The summed E-state index contributed by atoms with van der Waals surface area (Å²) in [4.78, 5) is 17.2. The average molecular weight is 431 g/mol. The molecule has 4 rings (SSSR count). The van der Waals surface area contributed by atoms with Gasteiger partial charge in [0.05, 0.1) is 20.4 Å². The van der Waals surface area contributed by atoms with Crippen LogP contribution in [-0.4, -0.2) is 62.3 Å². The number of rotatable bonds is 5. The van der Waals surface area contributed by atoms with E-state index in [0.717, 1.165) is 24.5 Å². The molecule has 2 fully saturated rings. The predicted molar refractivity (Wildman–Crippen MR) is 116 cm³/mol. The van der Waals surface area contributed by atoms with E-state index in [4.69, 9.17) is 21.1 Å². The molecule has 2 aliphatic rings. The minimum absolute atomic E-state index is 0.0205. The Morgan fingerprint density at radius 2 is 1.67 bits per heavy atom. The van der Waals surface area contributed by atoms with Crippen molar-refractivity contribution in [3.63, 3.8) is 0 Å². The number of carbonyl (C=O) groups excluding carboxylic acids is 1. The second kappa shape index (κ2) is 9.22. The average Bonchev–Trinajstić information content (AvgIpc) is 3.29. The van der Waals surface area contributed by atoms with Crippen molar-refractivity contribution in [2.75, 3.05) is 40.4 Å². The molecule has 2 aromatic rings. The van der Waals surface area contributed by atoms with Crippen molar-refractivity contribution in [2.45, 2.75) is 18.6 Å². The first-order valence-corrected chi connectivity index (χ1v) is 10.5. The summed E-state index contributed by atoms with van der Waals surface area (Å²) in [5, 5.41) is 0.747. The number of benzene rings is 2. The van der Waals surface area contributed by atoms with Gasteiger partial charge in [0.15, 0.2) is 11.5 Å². The SMILES string of the molecule is COc1ccc(C(=O)N2CCN(C3CC(c4ccc(Cl)cc4)NN3)CC2)cc1OC. The number of hydrazine groups is 1. The van der Waals surface area contributed by atoms with E-state index in [2.05, 4.69) is 27.9 Å². The van der Waals surface area contributed by atoms with Gasteiger partial charge in [0, 0.05) is 42.8 Å². The Balaban J connectivity index is 1.33. The first kappa shape index (κ1) is 20.9. The highest BCUT2D eigenvalue weighted by Crippen LogP contribution is 2.29. The fourth-order valence-corrected chi connectivity index (χ4v) is 4.21. The lowest BCUT2D eigenvalue weighted by Crippen LogP contribution is -2.55. The summed E-state index contributed by atoms with van der Waals surface area (Å²) < 4.78 is 10.6. The van der Waals surface area contributed by atoms with Crippen LogP contribution in [0.2, 0.25) is 5.02 Å². The standard InChI is InChI=1S/C22H27ClN4O3/c1-29-19-8-5-16(13-20(19)30-2)22(28)27-11-9-26(10-12-27)21-14-18(24-25-21)15-3-6-17(23)7-4-15/h3-8,13,18,21,24-25H,9-12,14H2,1-2H3. The quantitative estimate of drug-likeness (QED) is 0.760. The monoisotopic (exact) mass is 430 g/mol. The minimum atomic E-state index is 0.0205. The molecule has 0 bridgehead atoms. The summed E-state index contributed by atoms with van der Waals surface area (Å²) in [5.41, 5.74) is 8.62. The maximum Gasteiger partial charge on any atom is 0.254 e. The van der Waals surface area contributed by atoms with Gasteiger partial charge in [-0.15, -0.1) is 0 Å². The van der Waals surface area contributed by atoms with Crippen LogP contribution in [0.25, 0.3) is 0 Å². The number of nitrogens with one attached hydrogen (secondary N) is 2. The molecule has 2 heterocycles. The smallest absolute Gasteiger partial charge is 0.254 e. The summed E-state index contributed by atoms with van der Waals surface area (Å²) in [6, 6.07) is 13.5.